The molecule has 5 heteroatoms. The largest absolute Gasteiger partial charge is 0.497 e. The molecule has 1 aromatic heterocycles. The Hall–Kier alpha value is -1.62. The number of ketones is 1. The Bertz CT molecular complexity index is 620. The van der Waals surface area contributed by atoms with E-state index in [2.05, 4.69) is 21.0 Å². The van der Waals surface area contributed by atoms with Gasteiger partial charge in [-0.15, -0.1) is 0 Å². The summed E-state index contributed by atoms with van der Waals surface area (Å²) < 4.78 is 7.76. The molecule has 2 aromatic rings. The fourth-order valence-electron chi connectivity index (χ4n) is 1.92. The van der Waals surface area contributed by atoms with Crippen molar-refractivity contribution in [3.63, 3.8) is 0 Å². The van der Waals surface area contributed by atoms with E-state index in [4.69, 9.17) is 4.74 Å². The Morgan fingerprint density at radius 2 is 2.21 bits per heavy atom. The number of rotatable bonds is 4. The number of ether oxygens (including phenoxy) is 1. The van der Waals surface area contributed by atoms with Gasteiger partial charge < -0.3 is 4.74 Å². The third-order valence-corrected chi connectivity index (χ3v) is 4.01. The topological polar surface area (TPSA) is 44.1 Å². The van der Waals surface area contributed by atoms with Crippen LogP contribution in [0.4, 0.5) is 0 Å². The first kappa shape index (κ1) is 13.8. The lowest BCUT2D eigenvalue weighted by molar-refractivity contribution is 0.0990. The van der Waals surface area contributed by atoms with Crippen LogP contribution in [0.1, 0.15) is 21.7 Å². The van der Waals surface area contributed by atoms with Crippen LogP contribution in [-0.2, 0) is 13.5 Å². The molecule has 0 amide bonds. The Kier molecular flexibility index (Phi) is 4.04. The highest BCUT2D eigenvalue weighted by Crippen LogP contribution is 2.22. The highest BCUT2D eigenvalue weighted by Gasteiger charge is 2.15. The van der Waals surface area contributed by atoms with Gasteiger partial charge in [0.2, 0.25) is 0 Å². The highest BCUT2D eigenvalue weighted by molar-refractivity contribution is 9.10. The minimum atomic E-state index is 0.0441. The molecule has 4 nitrogen and oxygen atoms in total. The van der Waals surface area contributed by atoms with Gasteiger partial charge >= 0.3 is 0 Å². The van der Waals surface area contributed by atoms with Crippen molar-refractivity contribution in [3.8, 4) is 5.75 Å². The summed E-state index contributed by atoms with van der Waals surface area (Å²) in [5, 5.41) is 4.28. The lowest BCUT2D eigenvalue weighted by Gasteiger charge is -2.05. The van der Waals surface area contributed by atoms with Gasteiger partial charge in [0.15, 0.2) is 5.78 Å². The predicted molar refractivity (Wildman–Crippen MR) is 76.7 cm³/mol. The molecule has 100 valence electrons. The second-order valence-electron chi connectivity index (χ2n) is 4.30. The standard InChI is InChI=1S/C14H15BrN2O2/c1-9-14(15)12(17(2)16-9)8-13(18)10-5-4-6-11(7-10)19-3/h4-7H,8H2,1-3H3. The number of nitrogens with zero attached hydrogens (tertiary/aromatic N) is 2. The summed E-state index contributed by atoms with van der Waals surface area (Å²) >= 11 is 3.47. The van der Waals surface area contributed by atoms with Crippen molar-refractivity contribution in [1.29, 1.82) is 0 Å². The van der Waals surface area contributed by atoms with Gasteiger partial charge in [0.05, 0.1) is 29.4 Å². The molecule has 0 aliphatic carbocycles. The zero-order valence-electron chi connectivity index (χ0n) is 11.1. The van der Waals surface area contributed by atoms with E-state index < -0.39 is 0 Å². The number of hydrogen-bond donors (Lipinski definition) is 0. The quantitative estimate of drug-likeness (QED) is 0.813. The van der Waals surface area contributed by atoms with Crippen LogP contribution in [-0.4, -0.2) is 22.7 Å². The molecule has 0 saturated carbocycles. The molecule has 0 bridgehead atoms. The Morgan fingerprint density at radius 1 is 1.47 bits per heavy atom. The van der Waals surface area contributed by atoms with Gasteiger partial charge in [0.25, 0.3) is 0 Å². The number of Topliss-reactive ketones (excluding diaryl/α,β-unsaturated/α-hetero) is 1. The minimum absolute atomic E-state index is 0.0441. The second kappa shape index (κ2) is 5.57. The smallest absolute Gasteiger partial charge is 0.168 e. The van der Waals surface area contributed by atoms with Gasteiger partial charge in [-0.05, 0) is 35.0 Å². The summed E-state index contributed by atoms with van der Waals surface area (Å²) in [7, 11) is 3.43. The third-order valence-electron chi connectivity index (χ3n) is 2.98. The van der Waals surface area contributed by atoms with Crippen molar-refractivity contribution in [2.75, 3.05) is 7.11 Å². The molecule has 0 atom stereocenters. The molecule has 0 aliphatic rings. The summed E-state index contributed by atoms with van der Waals surface area (Å²) in [6.45, 7) is 1.91. The summed E-state index contributed by atoms with van der Waals surface area (Å²) in [4.78, 5) is 12.3. The molecule has 0 radical (unpaired) electrons. The lowest BCUT2D eigenvalue weighted by Crippen LogP contribution is -2.08. The minimum Gasteiger partial charge on any atom is -0.497 e. The van der Waals surface area contributed by atoms with E-state index in [9.17, 15) is 4.79 Å². The van der Waals surface area contributed by atoms with Crippen LogP contribution in [0.3, 0.4) is 0 Å². The molecule has 0 saturated heterocycles. The number of carbonyl (C=O) groups is 1. The SMILES string of the molecule is COc1cccc(C(=O)Cc2c(Br)c(C)nn2C)c1. The summed E-state index contributed by atoms with van der Waals surface area (Å²) in [5.74, 6) is 0.730. The number of hydrogen-bond acceptors (Lipinski definition) is 3. The van der Waals surface area contributed by atoms with Crippen molar-refractivity contribution < 1.29 is 9.53 Å². The van der Waals surface area contributed by atoms with Crippen molar-refractivity contribution in [1.82, 2.24) is 9.78 Å². The maximum absolute atomic E-state index is 12.3. The molecular formula is C14H15BrN2O2. The number of aryl methyl sites for hydroxylation is 2. The Balaban J connectivity index is 2.25. The molecule has 1 heterocycles. The van der Waals surface area contributed by atoms with Gasteiger partial charge in [-0.25, -0.2) is 0 Å². The third kappa shape index (κ3) is 2.87. The molecule has 1 aromatic carbocycles. The number of halogens is 1. The van der Waals surface area contributed by atoms with Crippen LogP contribution in [0.15, 0.2) is 28.7 Å². The van der Waals surface area contributed by atoms with Crippen molar-refractivity contribution in [2.24, 2.45) is 7.05 Å². The fourth-order valence-corrected chi connectivity index (χ4v) is 2.40. The van der Waals surface area contributed by atoms with E-state index in [1.165, 1.54) is 0 Å². The molecule has 0 spiro atoms. The maximum atomic E-state index is 12.3. The summed E-state index contributed by atoms with van der Waals surface area (Å²) in [5.41, 5.74) is 2.41. The molecule has 0 aliphatic heterocycles. The average Bonchev–Trinajstić information content (AvgIpc) is 2.65. The maximum Gasteiger partial charge on any atom is 0.168 e. The first-order valence-corrected chi connectivity index (χ1v) is 6.67. The van der Waals surface area contributed by atoms with Gasteiger partial charge in [0.1, 0.15) is 5.75 Å². The number of benzene rings is 1. The van der Waals surface area contributed by atoms with Crippen molar-refractivity contribution in [3.05, 3.63) is 45.7 Å². The van der Waals surface area contributed by atoms with Gasteiger partial charge in [-0.2, -0.15) is 5.10 Å². The summed E-state index contributed by atoms with van der Waals surface area (Å²) in [6, 6.07) is 7.18. The van der Waals surface area contributed by atoms with Crippen LogP contribution in [0.2, 0.25) is 0 Å². The second-order valence-corrected chi connectivity index (χ2v) is 5.09. The van der Waals surface area contributed by atoms with E-state index in [1.807, 2.05) is 26.1 Å². The van der Waals surface area contributed by atoms with E-state index in [0.29, 0.717) is 17.7 Å². The zero-order chi connectivity index (χ0) is 14.0. The van der Waals surface area contributed by atoms with E-state index in [-0.39, 0.29) is 5.78 Å². The summed E-state index contributed by atoms with van der Waals surface area (Å²) in [6.07, 6.45) is 0.311. The monoisotopic (exact) mass is 322 g/mol. The van der Waals surface area contributed by atoms with Crippen LogP contribution in [0, 0.1) is 6.92 Å². The van der Waals surface area contributed by atoms with Gasteiger partial charge in [0, 0.05) is 12.6 Å². The fraction of sp³-hybridized carbons (Fsp3) is 0.286. The molecule has 2 rings (SSSR count). The van der Waals surface area contributed by atoms with Gasteiger partial charge in [-0.1, -0.05) is 12.1 Å². The normalized spacial score (nSPS) is 10.5. The number of carbonyl (C=O) groups excluding carboxylic acids is 1. The van der Waals surface area contributed by atoms with Gasteiger partial charge in [-0.3, -0.25) is 9.48 Å². The van der Waals surface area contributed by atoms with E-state index >= 15 is 0 Å². The van der Waals surface area contributed by atoms with Crippen molar-refractivity contribution in [2.45, 2.75) is 13.3 Å². The molecule has 0 unspecified atom stereocenters. The van der Waals surface area contributed by atoms with Crippen LogP contribution < -0.4 is 4.74 Å². The molecule has 0 fully saturated rings. The zero-order valence-corrected chi connectivity index (χ0v) is 12.7. The van der Waals surface area contributed by atoms with Crippen LogP contribution >= 0.6 is 15.9 Å². The lowest BCUT2D eigenvalue weighted by atomic mass is 10.1. The van der Waals surface area contributed by atoms with Crippen LogP contribution in [0.5, 0.6) is 5.75 Å². The van der Waals surface area contributed by atoms with Crippen molar-refractivity contribution >= 4 is 21.7 Å². The highest BCUT2D eigenvalue weighted by atomic mass is 79.9. The van der Waals surface area contributed by atoms with Crippen LogP contribution in [0.25, 0.3) is 0 Å². The predicted octanol–water partition coefficient (Wildman–Crippen LogP) is 2.93. The molecule has 0 N–H and O–H groups in total. The van der Waals surface area contributed by atoms with E-state index in [0.717, 1.165) is 15.9 Å². The molecular weight excluding hydrogens is 308 g/mol. The number of aromatic nitrogens is 2. The first-order chi connectivity index (χ1) is 9.02. The Labute approximate surface area is 120 Å². The molecule has 19 heavy (non-hydrogen) atoms. The number of methoxy groups -OCH3 is 1. The Morgan fingerprint density at radius 3 is 2.79 bits per heavy atom. The average molecular weight is 323 g/mol. The first-order valence-electron chi connectivity index (χ1n) is 5.88. The van der Waals surface area contributed by atoms with E-state index in [1.54, 1.807) is 23.9 Å².